The molecule has 2 heterocycles. The minimum Gasteiger partial charge on any atom is -0.382 e. The molecule has 2 aromatic rings. The molecule has 0 aliphatic heterocycles. The van der Waals surface area contributed by atoms with Crippen LogP contribution in [0.15, 0.2) is 18.6 Å². The highest BCUT2D eigenvalue weighted by atomic mass is 15.3. The van der Waals surface area contributed by atoms with Crippen LogP contribution in [-0.4, -0.2) is 27.0 Å². The number of imidazole rings is 1. The number of nitriles is 1. The number of nitrogens with two attached hydrogens (primary N) is 1. The quantitative estimate of drug-likeness (QED) is 0.870. The van der Waals surface area contributed by atoms with E-state index in [2.05, 4.69) is 20.9 Å². The first-order valence-corrected chi connectivity index (χ1v) is 6.02. The van der Waals surface area contributed by atoms with Crippen molar-refractivity contribution in [2.45, 2.75) is 25.3 Å². The molecule has 2 N–H and O–H groups in total. The van der Waals surface area contributed by atoms with Crippen molar-refractivity contribution in [3.63, 3.8) is 0 Å². The van der Waals surface area contributed by atoms with Crippen LogP contribution in [0.1, 0.15) is 19.3 Å². The molecule has 0 saturated heterocycles. The van der Waals surface area contributed by atoms with Crippen LogP contribution >= 0.6 is 0 Å². The molecule has 18 heavy (non-hydrogen) atoms. The van der Waals surface area contributed by atoms with Gasteiger partial charge in [0.1, 0.15) is 5.82 Å². The van der Waals surface area contributed by atoms with Gasteiger partial charge in [-0.2, -0.15) is 5.26 Å². The van der Waals surface area contributed by atoms with Crippen LogP contribution < -0.4 is 10.6 Å². The van der Waals surface area contributed by atoms with E-state index in [4.69, 9.17) is 11.0 Å². The number of fused-ring (bicyclic) bond motifs is 1. The maximum Gasteiger partial charge on any atom is 0.180 e. The molecule has 6 heteroatoms. The molecule has 1 aliphatic carbocycles. The summed E-state index contributed by atoms with van der Waals surface area (Å²) in [5, 5.41) is 8.75. The van der Waals surface area contributed by atoms with E-state index in [0.29, 0.717) is 24.8 Å². The third kappa shape index (κ3) is 1.84. The second-order valence-corrected chi connectivity index (χ2v) is 4.48. The molecule has 1 aliphatic rings. The molecular weight excluding hydrogens is 228 g/mol. The summed E-state index contributed by atoms with van der Waals surface area (Å²) in [7, 11) is 0. The Morgan fingerprint density at radius 2 is 2.39 bits per heavy atom. The predicted octanol–water partition coefficient (Wildman–Crippen LogP) is 1.19. The van der Waals surface area contributed by atoms with Gasteiger partial charge in [-0.1, -0.05) is 0 Å². The fraction of sp³-hybridized carbons (Fsp3) is 0.417. The molecular formula is C12H14N6. The highest BCUT2D eigenvalue weighted by Gasteiger charge is 2.31. The number of hydrogen-bond acceptors (Lipinski definition) is 5. The SMILES string of the molecule is N#CCCN(c1nc(N)cn2ccnc12)C1CC1. The van der Waals surface area contributed by atoms with E-state index in [0.717, 1.165) is 24.3 Å². The predicted molar refractivity (Wildman–Crippen MR) is 68.0 cm³/mol. The summed E-state index contributed by atoms with van der Waals surface area (Å²) >= 11 is 0. The summed E-state index contributed by atoms with van der Waals surface area (Å²) in [4.78, 5) is 10.9. The van der Waals surface area contributed by atoms with Crippen molar-refractivity contribution in [2.24, 2.45) is 0 Å². The van der Waals surface area contributed by atoms with Gasteiger partial charge in [0.25, 0.3) is 0 Å². The minimum absolute atomic E-state index is 0.470. The zero-order valence-electron chi connectivity index (χ0n) is 9.95. The molecule has 0 radical (unpaired) electrons. The molecule has 0 unspecified atom stereocenters. The van der Waals surface area contributed by atoms with Crippen LogP contribution in [0.3, 0.4) is 0 Å². The Hall–Kier alpha value is -2.29. The van der Waals surface area contributed by atoms with E-state index in [1.165, 1.54) is 0 Å². The lowest BCUT2D eigenvalue weighted by atomic mass is 10.3. The van der Waals surface area contributed by atoms with Crippen LogP contribution in [0, 0.1) is 11.3 Å². The van der Waals surface area contributed by atoms with Crippen LogP contribution in [0.25, 0.3) is 5.65 Å². The average molecular weight is 242 g/mol. The summed E-state index contributed by atoms with van der Waals surface area (Å²) in [5.74, 6) is 1.26. The van der Waals surface area contributed by atoms with Crippen LogP contribution in [-0.2, 0) is 0 Å². The van der Waals surface area contributed by atoms with E-state index < -0.39 is 0 Å². The number of hydrogen-bond donors (Lipinski definition) is 1. The third-order valence-electron chi connectivity index (χ3n) is 3.10. The smallest absolute Gasteiger partial charge is 0.180 e. The Bertz CT molecular complexity index is 607. The standard InChI is InChI=1S/C12H14N6/c13-4-1-6-18(9-2-3-9)12-11-15-5-7-17(11)8-10(14)16-12/h5,7-9H,1-3,6,14H2. The molecule has 3 rings (SSSR count). The van der Waals surface area contributed by atoms with Crippen molar-refractivity contribution in [3.05, 3.63) is 18.6 Å². The average Bonchev–Trinajstić information content (AvgIpc) is 3.08. The molecule has 1 saturated carbocycles. The highest BCUT2D eigenvalue weighted by Crippen LogP contribution is 2.32. The van der Waals surface area contributed by atoms with Crippen molar-refractivity contribution in [3.8, 4) is 6.07 Å². The zero-order chi connectivity index (χ0) is 12.5. The van der Waals surface area contributed by atoms with Gasteiger partial charge < -0.3 is 15.0 Å². The molecule has 0 atom stereocenters. The lowest BCUT2D eigenvalue weighted by Crippen LogP contribution is -2.28. The lowest BCUT2D eigenvalue weighted by Gasteiger charge is -2.22. The first kappa shape index (κ1) is 10.8. The number of nitrogen functional groups attached to an aromatic ring is 1. The maximum atomic E-state index is 8.75. The summed E-state index contributed by atoms with van der Waals surface area (Å²) in [6.07, 6.45) is 8.12. The van der Waals surface area contributed by atoms with Crippen molar-refractivity contribution >= 4 is 17.3 Å². The molecule has 0 amide bonds. The van der Waals surface area contributed by atoms with Gasteiger partial charge in [0, 0.05) is 25.0 Å². The Morgan fingerprint density at radius 1 is 1.56 bits per heavy atom. The molecule has 0 bridgehead atoms. The zero-order valence-corrected chi connectivity index (χ0v) is 9.95. The van der Waals surface area contributed by atoms with Gasteiger partial charge in [0.2, 0.25) is 0 Å². The van der Waals surface area contributed by atoms with Gasteiger partial charge >= 0.3 is 0 Å². The van der Waals surface area contributed by atoms with Gasteiger partial charge in [-0.15, -0.1) is 0 Å². The number of nitrogens with zero attached hydrogens (tertiary/aromatic N) is 5. The van der Waals surface area contributed by atoms with E-state index in [-0.39, 0.29) is 0 Å². The molecule has 92 valence electrons. The third-order valence-corrected chi connectivity index (χ3v) is 3.10. The van der Waals surface area contributed by atoms with Gasteiger partial charge in [0.05, 0.1) is 18.7 Å². The Kier molecular flexibility index (Phi) is 2.52. The van der Waals surface area contributed by atoms with Crippen molar-refractivity contribution < 1.29 is 0 Å². The fourth-order valence-corrected chi connectivity index (χ4v) is 2.14. The minimum atomic E-state index is 0.470. The number of rotatable bonds is 4. The van der Waals surface area contributed by atoms with E-state index in [1.807, 2.05) is 10.6 Å². The topological polar surface area (TPSA) is 83.2 Å². The fourth-order valence-electron chi connectivity index (χ4n) is 2.14. The Labute approximate surface area is 105 Å². The van der Waals surface area contributed by atoms with Gasteiger partial charge in [-0.05, 0) is 12.8 Å². The Morgan fingerprint density at radius 3 is 3.11 bits per heavy atom. The number of anilines is 2. The largest absolute Gasteiger partial charge is 0.382 e. The molecule has 1 fully saturated rings. The van der Waals surface area contributed by atoms with Crippen molar-refractivity contribution in [1.29, 1.82) is 5.26 Å². The Balaban J connectivity index is 2.04. The van der Waals surface area contributed by atoms with Crippen molar-refractivity contribution in [2.75, 3.05) is 17.2 Å². The van der Waals surface area contributed by atoms with Crippen LogP contribution in [0.4, 0.5) is 11.6 Å². The normalized spacial score (nSPS) is 14.6. The molecule has 0 aromatic carbocycles. The molecule has 6 nitrogen and oxygen atoms in total. The summed E-state index contributed by atoms with van der Waals surface area (Å²) in [6, 6.07) is 2.66. The summed E-state index contributed by atoms with van der Waals surface area (Å²) in [5.41, 5.74) is 6.62. The second kappa shape index (κ2) is 4.18. The van der Waals surface area contributed by atoms with E-state index in [1.54, 1.807) is 12.4 Å². The summed E-state index contributed by atoms with van der Waals surface area (Å²) < 4.78 is 1.87. The van der Waals surface area contributed by atoms with Gasteiger partial charge in [0.15, 0.2) is 11.5 Å². The molecule has 0 spiro atoms. The van der Waals surface area contributed by atoms with E-state index in [9.17, 15) is 0 Å². The van der Waals surface area contributed by atoms with Crippen LogP contribution in [0.5, 0.6) is 0 Å². The van der Waals surface area contributed by atoms with Gasteiger partial charge in [-0.3, -0.25) is 0 Å². The maximum absolute atomic E-state index is 8.75. The van der Waals surface area contributed by atoms with Gasteiger partial charge in [-0.25, -0.2) is 9.97 Å². The lowest BCUT2D eigenvalue weighted by molar-refractivity contribution is 0.778. The highest BCUT2D eigenvalue weighted by molar-refractivity contribution is 5.67. The second-order valence-electron chi connectivity index (χ2n) is 4.48. The molecule has 2 aromatic heterocycles. The van der Waals surface area contributed by atoms with Crippen LogP contribution in [0.2, 0.25) is 0 Å². The van der Waals surface area contributed by atoms with Crippen molar-refractivity contribution in [1.82, 2.24) is 14.4 Å². The number of aromatic nitrogens is 3. The first-order chi connectivity index (χ1) is 8.79. The van der Waals surface area contributed by atoms with E-state index >= 15 is 0 Å². The first-order valence-electron chi connectivity index (χ1n) is 6.02. The summed E-state index contributed by atoms with van der Waals surface area (Å²) in [6.45, 7) is 0.681. The monoisotopic (exact) mass is 242 g/mol.